The lowest BCUT2D eigenvalue weighted by Crippen LogP contribution is -1.98. The predicted octanol–water partition coefficient (Wildman–Crippen LogP) is 3.00. The molecule has 1 aromatic carbocycles. The first-order valence-electron chi connectivity index (χ1n) is 4.53. The van der Waals surface area contributed by atoms with E-state index in [1.54, 1.807) is 12.1 Å². The molecule has 0 aliphatic carbocycles. The van der Waals surface area contributed by atoms with Crippen LogP contribution >= 0.6 is 11.6 Å². The molecule has 0 bridgehead atoms. The fourth-order valence-electron chi connectivity index (χ4n) is 1.39. The van der Waals surface area contributed by atoms with Crippen molar-refractivity contribution < 1.29 is 14.3 Å². The van der Waals surface area contributed by atoms with Crippen LogP contribution in [0.5, 0.6) is 0 Å². The van der Waals surface area contributed by atoms with E-state index in [9.17, 15) is 4.79 Å². The smallest absolute Gasteiger partial charge is 0.358 e. The number of aryl methyl sites for hydroxylation is 1. The third-order valence-corrected chi connectivity index (χ3v) is 2.45. The zero-order valence-electron chi connectivity index (χ0n) is 8.40. The number of hydrogen-bond acceptors (Lipinski definition) is 3. The molecule has 16 heavy (non-hydrogen) atoms. The minimum Gasteiger partial charge on any atom is -0.476 e. The number of nitrogens with zero attached hydrogens (tertiary/aromatic N) is 1. The summed E-state index contributed by atoms with van der Waals surface area (Å²) >= 11 is 6.02. The monoisotopic (exact) mass is 237 g/mol. The van der Waals surface area contributed by atoms with Gasteiger partial charge in [-0.1, -0.05) is 17.7 Å². The number of carbonyl (C=O) groups is 1. The zero-order chi connectivity index (χ0) is 11.7. The number of hydrogen-bond donors (Lipinski definition) is 1. The lowest BCUT2D eigenvalue weighted by molar-refractivity contribution is 0.0691. The molecule has 0 saturated heterocycles. The van der Waals surface area contributed by atoms with Crippen LogP contribution in [0.2, 0.25) is 5.02 Å². The van der Waals surface area contributed by atoms with Gasteiger partial charge in [0.25, 0.3) is 0 Å². The molecule has 0 aliphatic rings. The van der Waals surface area contributed by atoms with E-state index in [0.29, 0.717) is 10.6 Å². The molecule has 0 unspecified atom stereocenters. The second-order valence-corrected chi connectivity index (χ2v) is 3.73. The van der Waals surface area contributed by atoms with Crippen molar-refractivity contribution in [3.8, 4) is 11.3 Å². The Morgan fingerprint density at radius 3 is 2.88 bits per heavy atom. The van der Waals surface area contributed by atoms with Gasteiger partial charge >= 0.3 is 5.97 Å². The van der Waals surface area contributed by atoms with Gasteiger partial charge in [0.05, 0.1) is 5.02 Å². The van der Waals surface area contributed by atoms with Gasteiger partial charge in [0, 0.05) is 5.56 Å². The van der Waals surface area contributed by atoms with Gasteiger partial charge in [-0.15, -0.1) is 0 Å². The Morgan fingerprint density at radius 1 is 1.50 bits per heavy atom. The largest absolute Gasteiger partial charge is 0.476 e. The first kappa shape index (κ1) is 10.7. The Labute approximate surface area is 96.5 Å². The van der Waals surface area contributed by atoms with Crippen LogP contribution < -0.4 is 0 Å². The molecule has 0 radical (unpaired) electrons. The Balaban J connectivity index is 2.59. The van der Waals surface area contributed by atoms with Gasteiger partial charge in [-0.2, -0.15) is 0 Å². The van der Waals surface area contributed by atoms with E-state index in [1.807, 2.05) is 13.0 Å². The molecular formula is C11H8ClNO3. The highest BCUT2D eigenvalue weighted by molar-refractivity contribution is 6.33. The van der Waals surface area contributed by atoms with Crippen molar-refractivity contribution in [3.05, 3.63) is 40.9 Å². The predicted molar refractivity (Wildman–Crippen MR) is 58.6 cm³/mol. The summed E-state index contributed by atoms with van der Waals surface area (Å²) in [6.45, 7) is 1.90. The van der Waals surface area contributed by atoms with Crippen LogP contribution in [0.15, 0.2) is 29.0 Å². The number of halogens is 1. The third kappa shape index (κ3) is 1.79. The van der Waals surface area contributed by atoms with Crippen LogP contribution in [0.3, 0.4) is 0 Å². The molecule has 0 fully saturated rings. The lowest BCUT2D eigenvalue weighted by Gasteiger charge is -2.02. The maximum absolute atomic E-state index is 10.9. The average molecular weight is 238 g/mol. The summed E-state index contributed by atoms with van der Waals surface area (Å²) in [6, 6.07) is 5.28. The van der Waals surface area contributed by atoms with Crippen LogP contribution in [0.1, 0.15) is 16.1 Å². The number of rotatable bonds is 2. The second-order valence-electron chi connectivity index (χ2n) is 3.32. The van der Waals surface area contributed by atoms with Gasteiger partial charge in [-0.3, -0.25) is 0 Å². The van der Waals surface area contributed by atoms with Gasteiger partial charge in [0.2, 0.25) is 0 Å². The number of aromatic nitrogens is 1. The highest BCUT2D eigenvalue weighted by Gasteiger charge is 2.19. The van der Waals surface area contributed by atoms with Crippen LogP contribution in [0, 0.1) is 6.92 Å². The molecule has 0 atom stereocenters. The summed E-state index contributed by atoms with van der Waals surface area (Å²) in [5, 5.41) is 9.34. The SMILES string of the molecule is Cc1ccc(-c2ocnc2C(=O)O)c(Cl)c1. The van der Waals surface area contributed by atoms with Crippen molar-refractivity contribution in [1.82, 2.24) is 4.98 Å². The number of aromatic carboxylic acids is 1. The Bertz CT molecular complexity index is 548. The molecule has 4 nitrogen and oxygen atoms in total. The molecule has 1 N–H and O–H groups in total. The number of carboxylic acids is 1. The van der Waals surface area contributed by atoms with Gasteiger partial charge in [0.15, 0.2) is 17.8 Å². The van der Waals surface area contributed by atoms with E-state index in [4.69, 9.17) is 21.1 Å². The van der Waals surface area contributed by atoms with Crippen LogP contribution in [0.4, 0.5) is 0 Å². The molecule has 1 heterocycles. The topological polar surface area (TPSA) is 63.3 Å². The maximum Gasteiger partial charge on any atom is 0.358 e. The summed E-state index contributed by atoms with van der Waals surface area (Å²) in [5.74, 6) is -0.960. The highest BCUT2D eigenvalue weighted by Crippen LogP contribution is 2.30. The number of benzene rings is 1. The van der Waals surface area contributed by atoms with Gasteiger partial charge in [-0.25, -0.2) is 9.78 Å². The molecule has 0 spiro atoms. The molecule has 2 rings (SSSR count). The quantitative estimate of drug-likeness (QED) is 0.872. The molecule has 1 aromatic heterocycles. The lowest BCUT2D eigenvalue weighted by atomic mass is 10.1. The normalized spacial score (nSPS) is 10.4. The van der Waals surface area contributed by atoms with Crippen molar-refractivity contribution in [3.63, 3.8) is 0 Å². The van der Waals surface area contributed by atoms with E-state index in [-0.39, 0.29) is 11.5 Å². The molecule has 2 aromatic rings. The van der Waals surface area contributed by atoms with E-state index in [1.165, 1.54) is 0 Å². The van der Waals surface area contributed by atoms with E-state index in [2.05, 4.69) is 4.98 Å². The van der Waals surface area contributed by atoms with Gasteiger partial charge in [-0.05, 0) is 24.6 Å². The Hall–Kier alpha value is -1.81. The second kappa shape index (κ2) is 3.98. The highest BCUT2D eigenvalue weighted by atomic mass is 35.5. The standard InChI is InChI=1S/C11H8ClNO3/c1-6-2-3-7(8(12)4-6)10-9(11(14)15)13-5-16-10/h2-5H,1H3,(H,14,15). The summed E-state index contributed by atoms with van der Waals surface area (Å²) in [7, 11) is 0. The molecule has 0 saturated carbocycles. The van der Waals surface area contributed by atoms with Crippen LogP contribution in [0.25, 0.3) is 11.3 Å². The first-order valence-corrected chi connectivity index (χ1v) is 4.90. The van der Waals surface area contributed by atoms with E-state index < -0.39 is 5.97 Å². The minimum atomic E-state index is -1.14. The summed E-state index contributed by atoms with van der Waals surface area (Å²) in [6.07, 6.45) is 1.09. The Kier molecular flexibility index (Phi) is 2.66. The van der Waals surface area contributed by atoms with Crippen LogP contribution in [-0.2, 0) is 0 Å². The fraction of sp³-hybridized carbons (Fsp3) is 0.0909. The molecule has 0 aliphatic heterocycles. The molecule has 0 amide bonds. The molecule has 5 heteroatoms. The van der Waals surface area contributed by atoms with Crippen molar-refractivity contribution in [2.75, 3.05) is 0 Å². The Morgan fingerprint density at radius 2 is 2.25 bits per heavy atom. The van der Waals surface area contributed by atoms with E-state index in [0.717, 1.165) is 12.0 Å². The molecule has 82 valence electrons. The average Bonchev–Trinajstić information content (AvgIpc) is 2.66. The van der Waals surface area contributed by atoms with Crippen molar-refractivity contribution in [2.45, 2.75) is 6.92 Å². The van der Waals surface area contributed by atoms with Gasteiger partial charge in [0.1, 0.15) is 0 Å². The molecular weight excluding hydrogens is 230 g/mol. The van der Waals surface area contributed by atoms with E-state index >= 15 is 0 Å². The van der Waals surface area contributed by atoms with Crippen LogP contribution in [-0.4, -0.2) is 16.1 Å². The number of carboxylic acid groups (broad SMARTS) is 1. The summed E-state index contributed by atoms with van der Waals surface area (Å²) in [4.78, 5) is 14.5. The maximum atomic E-state index is 10.9. The first-order chi connectivity index (χ1) is 7.59. The van der Waals surface area contributed by atoms with Crippen molar-refractivity contribution >= 4 is 17.6 Å². The summed E-state index contributed by atoms with van der Waals surface area (Å²) < 4.78 is 5.06. The zero-order valence-corrected chi connectivity index (χ0v) is 9.15. The van der Waals surface area contributed by atoms with Gasteiger partial charge < -0.3 is 9.52 Å². The number of oxazole rings is 1. The fourth-order valence-corrected chi connectivity index (χ4v) is 1.71. The minimum absolute atomic E-state index is 0.134. The van der Waals surface area contributed by atoms with Crippen molar-refractivity contribution in [1.29, 1.82) is 0 Å². The third-order valence-electron chi connectivity index (χ3n) is 2.14. The van der Waals surface area contributed by atoms with Crippen molar-refractivity contribution in [2.24, 2.45) is 0 Å². The summed E-state index contributed by atoms with van der Waals surface area (Å²) in [5.41, 5.74) is 1.39.